The Morgan fingerprint density at radius 3 is 2.17 bits per heavy atom. The quantitative estimate of drug-likeness (QED) is 0.580. The van der Waals surface area contributed by atoms with Gasteiger partial charge >= 0.3 is 0 Å². The lowest BCUT2D eigenvalue weighted by Gasteiger charge is -2.06. The van der Waals surface area contributed by atoms with Crippen LogP contribution in [0.15, 0.2) is 66.7 Å². The summed E-state index contributed by atoms with van der Waals surface area (Å²) in [6.07, 6.45) is 4.42. The number of carbonyl (C=O) groups excluding carboxylic acids is 2. The molecule has 2 amide bonds. The Labute approximate surface area is 142 Å². The van der Waals surface area contributed by atoms with Crippen LogP contribution in [0.2, 0.25) is 0 Å². The molecule has 0 spiro atoms. The molecule has 0 aliphatic carbocycles. The van der Waals surface area contributed by atoms with Gasteiger partial charge in [-0.15, -0.1) is 0 Å². The number of rotatable bonds is 8. The number of nitrogens with one attached hydrogen (secondary N) is 2. The Morgan fingerprint density at radius 2 is 1.46 bits per heavy atom. The molecule has 4 heteroatoms. The van der Waals surface area contributed by atoms with Gasteiger partial charge in [0.2, 0.25) is 11.8 Å². The molecule has 0 aliphatic rings. The molecule has 0 heterocycles. The van der Waals surface area contributed by atoms with E-state index in [0.717, 1.165) is 17.5 Å². The van der Waals surface area contributed by atoms with Gasteiger partial charge in [-0.1, -0.05) is 60.7 Å². The van der Waals surface area contributed by atoms with E-state index in [1.807, 2.05) is 60.7 Å². The molecule has 0 bridgehead atoms. The first kappa shape index (κ1) is 17.5. The number of carbonyl (C=O) groups is 2. The minimum absolute atomic E-state index is 0.00655. The van der Waals surface area contributed by atoms with Gasteiger partial charge in [-0.3, -0.25) is 9.59 Å². The molecule has 0 radical (unpaired) electrons. The number of aryl methyl sites for hydroxylation is 1. The first-order chi connectivity index (χ1) is 11.7. The van der Waals surface area contributed by atoms with Crippen molar-refractivity contribution in [2.75, 3.05) is 13.1 Å². The van der Waals surface area contributed by atoms with Crippen LogP contribution < -0.4 is 10.6 Å². The summed E-state index contributed by atoms with van der Waals surface area (Å²) >= 11 is 0. The summed E-state index contributed by atoms with van der Waals surface area (Å²) in [6.45, 7) is 0.841. The lowest BCUT2D eigenvalue weighted by Crippen LogP contribution is -2.34. The second-order valence-electron chi connectivity index (χ2n) is 5.37. The number of benzene rings is 2. The van der Waals surface area contributed by atoms with Crippen LogP contribution in [0.5, 0.6) is 0 Å². The van der Waals surface area contributed by atoms with Crippen LogP contribution in [0.1, 0.15) is 17.5 Å². The van der Waals surface area contributed by atoms with Gasteiger partial charge in [-0.25, -0.2) is 0 Å². The van der Waals surface area contributed by atoms with Crippen LogP contribution >= 0.6 is 0 Å². The van der Waals surface area contributed by atoms with Crippen LogP contribution in [-0.2, 0) is 16.0 Å². The van der Waals surface area contributed by atoms with Gasteiger partial charge in [0.25, 0.3) is 0 Å². The van der Waals surface area contributed by atoms with Crippen molar-refractivity contribution in [3.8, 4) is 0 Å². The van der Waals surface area contributed by atoms with Crippen LogP contribution in [0.3, 0.4) is 0 Å². The summed E-state index contributed by atoms with van der Waals surface area (Å²) in [5, 5.41) is 5.55. The Bertz CT molecular complexity index is 667. The van der Waals surface area contributed by atoms with Crippen molar-refractivity contribution < 1.29 is 9.59 Å². The van der Waals surface area contributed by atoms with Crippen molar-refractivity contribution in [2.45, 2.75) is 12.8 Å². The van der Waals surface area contributed by atoms with Crippen molar-refractivity contribution >= 4 is 17.9 Å². The third-order valence-corrected chi connectivity index (χ3v) is 3.46. The van der Waals surface area contributed by atoms with Crippen molar-refractivity contribution in [1.29, 1.82) is 0 Å². The molecule has 0 saturated heterocycles. The topological polar surface area (TPSA) is 58.2 Å². The van der Waals surface area contributed by atoms with Crippen LogP contribution in [-0.4, -0.2) is 24.9 Å². The Kier molecular flexibility index (Phi) is 7.28. The molecule has 0 saturated carbocycles. The third kappa shape index (κ3) is 6.92. The average Bonchev–Trinajstić information content (AvgIpc) is 2.63. The molecule has 124 valence electrons. The highest BCUT2D eigenvalue weighted by atomic mass is 16.2. The summed E-state index contributed by atoms with van der Waals surface area (Å²) in [4.78, 5) is 23.4. The summed E-state index contributed by atoms with van der Waals surface area (Å²) < 4.78 is 0. The molecule has 0 aromatic heterocycles. The molecule has 0 atom stereocenters. The first-order valence-corrected chi connectivity index (χ1v) is 8.05. The van der Waals surface area contributed by atoms with Crippen molar-refractivity contribution in [2.24, 2.45) is 0 Å². The molecular weight excluding hydrogens is 300 g/mol. The highest BCUT2D eigenvalue weighted by Crippen LogP contribution is 2.02. The van der Waals surface area contributed by atoms with Crippen molar-refractivity contribution in [1.82, 2.24) is 10.6 Å². The van der Waals surface area contributed by atoms with Crippen molar-refractivity contribution in [3.63, 3.8) is 0 Å². The van der Waals surface area contributed by atoms with Crippen LogP contribution in [0, 0.1) is 0 Å². The van der Waals surface area contributed by atoms with E-state index in [1.165, 1.54) is 6.08 Å². The monoisotopic (exact) mass is 322 g/mol. The third-order valence-electron chi connectivity index (χ3n) is 3.46. The lowest BCUT2D eigenvalue weighted by atomic mass is 10.1. The van der Waals surface area contributed by atoms with Gasteiger partial charge in [0.05, 0.1) is 0 Å². The average molecular weight is 322 g/mol. The zero-order chi connectivity index (χ0) is 17.0. The molecule has 2 rings (SSSR count). The normalized spacial score (nSPS) is 10.5. The maximum absolute atomic E-state index is 11.7. The first-order valence-electron chi connectivity index (χ1n) is 8.05. The molecular formula is C20H22N2O2. The SMILES string of the molecule is O=C(/C=C/c1ccccc1)NCCNC(=O)CCc1ccccc1. The highest BCUT2D eigenvalue weighted by molar-refractivity contribution is 5.91. The molecule has 0 unspecified atom stereocenters. The van der Waals surface area contributed by atoms with Crippen LogP contribution in [0.25, 0.3) is 6.08 Å². The van der Waals surface area contributed by atoms with Gasteiger partial charge in [0, 0.05) is 25.6 Å². The molecule has 4 nitrogen and oxygen atoms in total. The second kappa shape index (κ2) is 10.0. The van der Waals surface area contributed by atoms with E-state index in [1.54, 1.807) is 6.08 Å². The largest absolute Gasteiger partial charge is 0.354 e. The maximum Gasteiger partial charge on any atom is 0.244 e. The van der Waals surface area contributed by atoms with Gasteiger partial charge in [0.15, 0.2) is 0 Å². The Morgan fingerprint density at radius 1 is 0.833 bits per heavy atom. The lowest BCUT2D eigenvalue weighted by molar-refractivity contribution is -0.121. The zero-order valence-corrected chi connectivity index (χ0v) is 13.6. The van der Waals surface area contributed by atoms with Gasteiger partial charge in [0.1, 0.15) is 0 Å². The second-order valence-corrected chi connectivity index (χ2v) is 5.37. The number of hydrogen-bond acceptors (Lipinski definition) is 2. The minimum atomic E-state index is -0.169. The molecule has 0 fully saturated rings. The molecule has 2 aromatic rings. The zero-order valence-electron chi connectivity index (χ0n) is 13.6. The van der Waals surface area contributed by atoms with E-state index in [9.17, 15) is 9.59 Å². The molecule has 24 heavy (non-hydrogen) atoms. The van der Waals surface area contributed by atoms with Crippen LogP contribution in [0.4, 0.5) is 0 Å². The standard InChI is InChI=1S/C20H22N2O2/c23-19(13-11-17-7-3-1-4-8-17)21-15-16-22-20(24)14-12-18-9-5-2-6-10-18/h1-11,13H,12,14-16H2,(H,21,23)(H,22,24)/b13-11+. The maximum atomic E-state index is 11.7. The predicted molar refractivity (Wildman–Crippen MR) is 96.3 cm³/mol. The fourth-order valence-electron chi connectivity index (χ4n) is 2.17. The van der Waals surface area contributed by atoms with E-state index in [2.05, 4.69) is 10.6 Å². The Balaban J connectivity index is 1.58. The van der Waals surface area contributed by atoms with Gasteiger partial charge in [-0.05, 0) is 23.6 Å². The van der Waals surface area contributed by atoms with E-state index in [-0.39, 0.29) is 11.8 Å². The predicted octanol–water partition coefficient (Wildman–Crippen LogP) is 2.57. The van der Waals surface area contributed by atoms with E-state index in [4.69, 9.17) is 0 Å². The molecule has 2 N–H and O–H groups in total. The highest BCUT2D eigenvalue weighted by Gasteiger charge is 2.02. The summed E-state index contributed by atoms with van der Waals surface area (Å²) in [5.41, 5.74) is 2.12. The molecule has 2 aromatic carbocycles. The van der Waals surface area contributed by atoms with Gasteiger partial charge < -0.3 is 10.6 Å². The van der Waals surface area contributed by atoms with E-state index >= 15 is 0 Å². The van der Waals surface area contributed by atoms with Crippen molar-refractivity contribution in [3.05, 3.63) is 77.9 Å². The minimum Gasteiger partial charge on any atom is -0.354 e. The Hall–Kier alpha value is -2.88. The summed E-state index contributed by atoms with van der Waals surface area (Å²) in [7, 11) is 0. The number of amides is 2. The summed E-state index contributed by atoms with van der Waals surface area (Å²) in [6, 6.07) is 19.5. The molecule has 0 aliphatic heterocycles. The smallest absolute Gasteiger partial charge is 0.244 e. The van der Waals surface area contributed by atoms with E-state index in [0.29, 0.717) is 19.5 Å². The number of hydrogen-bond donors (Lipinski definition) is 2. The fourth-order valence-corrected chi connectivity index (χ4v) is 2.17. The van der Waals surface area contributed by atoms with Gasteiger partial charge in [-0.2, -0.15) is 0 Å². The fraction of sp³-hybridized carbons (Fsp3) is 0.200. The van der Waals surface area contributed by atoms with E-state index < -0.39 is 0 Å². The summed E-state index contributed by atoms with van der Waals surface area (Å²) in [5.74, 6) is -0.176.